The topological polar surface area (TPSA) is 58.2 Å². The zero-order chi connectivity index (χ0) is 12.2. The van der Waals surface area contributed by atoms with Crippen LogP contribution in [0, 0.1) is 0 Å². The van der Waals surface area contributed by atoms with Gasteiger partial charge in [0.2, 0.25) is 10.0 Å². The molecule has 0 aliphatic carbocycles. The molecule has 1 rings (SSSR count). The second-order valence-corrected chi connectivity index (χ2v) is 5.57. The van der Waals surface area contributed by atoms with Crippen LogP contribution in [0.2, 0.25) is 10.0 Å². The Labute approximate surface area is 117 Å². The highest BCUT2D eigenvalue weighted by Gasteiger charge is 2.18. The Hall–Kier alpha value is -0.0400. The largest absolute Gasteiger partial charge is 0.318 e. The van der Waals surface area contributed by atoms with Gasteiger partial charge >= 0.3 is 0 Å². The van der Waals surface area contributed by atoms with Gasteiger partial charge in [0.05, 0.1) is 10.0 Å². The summed E-state index contributed by atoms with van der Waals surface area (Å²) in [6, 6.07) is 4.49. The fourth-order valence-corrected chi connectivity index (χ4v) is 2.87. The molecule has 17 heavy (non-hydrogen) atoms. The molecule has 0 atom stereocenters. The first-order valence-corrected chi connectivity index (χ1v) is 6.81. The molecular formula is C9H13Cl3N2O2S. The van der Waals surface area contributed by atoms with E-state index < -0.39 is 10.0 Å². The van der Waals surface area contributed by atoms with Crippen molar-refractivity contribution in [2.75, 3.05) is 20.1 Å². The molecule has 0 fully saturated rings. The van der Waals surface area contributed by atoms with E-state index in [2.05, 4.69) is 10.0 Å². The normalized spacial score (nSPS) is 11.0. The molecule has 0 bridgehead atoms. The van der Waals surface area contributed by atoms with Gasteiger partial charge < -0.3 is 5.32 Å². The predicted molar refractivity (Wildman–Crippen MR) is 72.8 cm³/mol. The molecule has 0 aromatic heterocycles. The molecule has 2 N–H and O–H groups in total. The summed E-state index contributed by atoms with van der Waals surface area (Å²) in [5, 5.41) is 3.09. The van der Waals surface area contributed by atoms with Gasteiger partial charge in [-0.1, -0.05) is 29.3 Å². The molecular weight excluding hydrogens is 307 g/mol. The van der Waals surface area contributed by atoms with Crippen molar-refractivity contribution in [1.82, 2.24) is 10.0 Å². The highest BCUT2D eigenvalue weighted by atomic mass is 35.5. The standard InChI is InChI=1S/C9H12Cl2N2O2S.ClH/c1-12-5-6-13-16(14,15)8-4-2-3-7(10)9(8)11;/h2-4,12-13H,5-6H2,1H3;1H. The van der Waals surface area contributed by atoms with Crippen molar-refractivity contribution < 1.29 is 8.42 Å². The van der Waals surface area contributed by atoms with E-state index in [9.17, 15) is 8.42 Å². The molecule has 98 valence electrons. The molecule has 0 aliphatic rings. The molecule has 1 aromatic carbocycles. The Balaban J connectivity index is 0.00000256. The molecule has 1 aromatic rings. The average molecular weight is 320 g/mol. The SMILES string of the molecule is CNCCNS(=O)(=O)c1cccc(Cl)c1Cl.Cl. The van der Waals surface area contributed by atoms with E-state index in [1.807, 2.05) is 0 Å². The molecule has 0 amide bonds. The van der Waals surface area contributed by atoms with Crippen LogP contribution >= 0.6 is 35.6 Å². The summed E-state index contributed by atoms with van der Waals surface area (Å²) in [7, 11) is -1.86. The van der Waals surface area contributed by atoms with Crippen molar-refractivity contribution in [2.24, 2.45) is 0 Å². The number of rotatable bonds is 5. The van der Waals surface area contributed by atoms with Gasteiger partial charge in [0.25, 0.3) is 0 Å². The minimum absolute atomic E-state index is 0. The molecule has 0 spiro atoms. The van der Waals surface area contributed by atoms with Gasteiger partial charge in [-0.15, -0.1) is 12.4 Å². The smallest absolute Gasteiger partial charge is 0.242 e. The van der Waals surface area contributed by atoms with Gasteiger partial charge in [-0.2, -0.15) is 0 Å². The van der Waals surface area contributed by atoms with Gasteiger partial charge in [0.1, 0.15) is 4.90 Å². The van der Waals surface area contributed by atoms with Crippen LogP contribution in [0.1, 0.15) is 0 Å². The summed E-state index contributed by atoms with van der Waals surface area (Å²) in [6.45, 7) is 0.832. The van der Waals surface area contributed by atoms with Crippen LogP contribution in [0.25, 0.3) is 0 Å². The van der Waals surface area contributed by atoms with Crippen molar-refractivity contribution in [3.05, 3.63) is 28.2 Å². The minimum Gasteiger partial charge on any atom is -0.318 e. The summed E-state index contributed by atoms with van der Waals surface area (Å²) >= 11 is 11.6. The summed E-state index contributed by atoms with van der Waals surface area (Å²) in [4.78, 5) is -0.00207. The lowest BCUT2D eigenvalue weighted by molar-refractivity contribution is 0.579. The lowest BCUT2D eigenvalue weighted by atomic mass is 10.4. The first-order valence-electron chi connectivity index (χ1n) is 4.57. The van der Waals surface area contributed by atoms with Gasteiger partial charge in [-0.25, -0.2) is 13.1 Å². The van der Waals surface area contributed by atoms with Crippen LogP contribution in [0.4, 0.5) is 0 Å². The van der Waals surface area contributed by atoms with Gasteiger partial charge in [-0.3, -0.25) is 0 Å². The number of benzene rings is 1. The van der Waals surface area contributed by atoms with Crippen molar-refractivity contribution in [3.63, 3.8) is 0 Å². The molecule has 0 saturated heterocycles. The molecule has 0 unspecified atom stereocenters. The summed E-state index contributed by atoms with van der Waals surface area (Å²) < 4.78 is 26.0. The molecule has 8 heteroatoms. The Kier molecular flexibility index (Phi) is 7.39. The van der Waals surface area contributed by atoms with E-state index in [4.69, 9.17) is 23.2 Å². The molecule has 4 nitrogen and oxygen atoms in total. The third-order valence-electron chi connectivity index (χ3n) is 1.87. The number of nitrogens with one attached hydrogen (secondary N) is 2. The van der Waals surface area contributed by atoms with Crippen molar-refractivity contribution in [1.29, 1.82) is 0 Å². The zero-order valence-corrected chi connectivity index (χ0v) is 12.2. The monoisotopic (exact) mass is 318 g/mol. The third-order valence-corrected chi connectivity index (χ3v) is 4.31. The maximum atomic E-state index is 11.8. The first kappa shape index (κ1) is 17.0. The molecule has 0 saturated carbocycles. The van der Waals surface area contributed by atoms with E-state index in [0.29, 0.717) is 13.1 Å². The summed E-state index contributed by atoms with van der Waals surface area (Å²) in [5.41, 5.74) is 0. The Morgan fingerprint density at radius 2 is 1.88 bits per heavy atom. The van der Waals surface area contributed by atoms with Crippen LogP contribution < -0.4 is 10.0 Å². The number of halogens is 3. The van der Waals surface area contributed by atoms with Gasteiger partial charge in [0, 0.05) is 13.1 Å². The van der Waals surface area contributed by atoms with Crippen molar-refractivity contribution in [2.45, 2.75) is 4.90 Å². The predicted octanol–water partition coefficient (Wildman–Crippen LogP) is 1.91. The minimum atomic E-state index is -3.59. The number of likely N-dealkylation sites (N-methyl/N-ethyl adjacent to an activating group) is 1. The quantitative estimate of drug-likeness (QED) is 0.815. The van der Waals surface area contributed by atoms with E-state index in [0.717, 1.165) is 0 Å². The maximum Gasteiger partial charge on any atom is 0.242 e. The Morgan fingerprint density at radius 1 is 1.24 bits per heavy atom. The first-order chi connectivity index (χ1) is 7.49. The number of sulfonamides is 1. The van der Waals surface area contributed by atoms with Crippen molar-refractivity contribution in [3.8, 4) is 0 Å². The van der Waals surface area contributed by atoms with Gasteiger partial charge in [0.15, 0.2) is 0 Å². The molecule has 0 heterocycles. The Morgan fingerprint density at radius 3 is 2.47 bits per heavy atom. The third kappa shape index (κ3) is 4.62. The zero-order valence-electron chi connectivity index (χ0n) is 9.04. The van der Waals surface area contributed by atoms with Crippen LogP contribution in [-0.2, 0) is 10.0 Å². The van der Waals surface area contributed by atoms with E-state index >= 15 is 0 Å². The van der Waals surface area contributed by atoms with Crippen LogP contribution in [-0.4, -0.2) is 28.6 Å². The van der Waals surface area contributed by atoms with E-state index in [1.54, 1.807) is 13.1 Å². The number of hydrogen-bond acceptors (Lipinski definition) is 3. The lowest BCUT2D eigenvalue weighted by Gasteiger charge is -2.08. The lowest BCUT2D eigenvalue weighted by Crippen LogP contribution is -2.30. The van der Waals surface area contributed by atoms with Gasteiger partial charge in [-0.05, 0) is 19.2 Å². The van der Waals surface area contributed by atoms with E-state index in [1.165, 1.54) is 12.1 Å². The van der Waals surface area contributed by atoms with E-state index in [-0.39, 0.29) is 27.3 Å². The number of hydrogen-bond donors (Lipinski definition) is 2. The average Bonchev–Trinajstić information content (AvgIpc) is 2.22. The van der Waals surface area contributed by atoms with Crippen LogP contribution in [0.3, 0.4) is 0 Å². The Bertz CT molecular complexity index is 465. The van der Waals surface area contributed by atoms with Crippen LogP contribution in [0.5, 0.6) is 0 Å². The molecule has 0 aliphatic heterocycles. The van der Waals surface area contributed by atoms with Crippen molar-refractivity contribution >= 4 is 45.6 Å². The highest BCUT2D eigenvalue weighted by Crippen LogP contribution is 2.28. The maximum absolute atomic E-state index is 11.8. The summed E-state index contributed by atoms with van der Waals surface area (Å²) in [5.74, 6) is 0. The second kappa shape index (κ2) is 7.41. The second-order valence-electron chi connectivity index (χ2n) is 3.05. The van der Waals surface area contributed by atoms with Crippen LogP contribution in [0.15, 0.2) is 23.1 Å². The highest BCUT2D eigenvalue weighted by molar-refractivity contribution is 7.89. The summed E-state index contributed by atoms with van der Waals surface area (Å²) in [6.07, 6.45) is 0. The fourth-order valence-electron chi connectivity index (χ4n) is 1.08. The molecule has 0 radical (unpaired) electrons. The fraction of sp³-hybridized carbons (Fsp3) is 0.333.